The number of pyridine rings is 1. The van der Waals surface area contributed by atoms with Gasteiger partial charge in [-0.05, 0) is 65.9 Å². The maximum Gasteiger partial charge on any atom is 0.226 e. The van der Waals surface area contributed by atoms with Gasteiger partial charge in [0, 0.05) is 48.4 Å². The Morgan fingerprint density at radius 2 is 1.97 bits per heavy atom. The molecular weight excluding hydrogens is 420 g/mol. The van der Waals surface area contributed by atoms with Gasteiger partial charge in [-0.1, -0.05) is 42.0 Å². The van der Waals surface area contributed by atoms with Crippen molar-refractivity contribution in [2.24, 2.45) is 0 Å². The van der Waals surface area contributed by atoms with Crippen LogP contribution in [0.1, 0.15) is 29.5 Å². The van der Waals surface area contributed by atoms with Crippen molar-refractivity contribution in [2.75, 3.05) is 19.6 Å². The fourth-order valence-corrected chi connectivity index (χ4v) is 4.50. The standard InChI is InChI=1S/C27H25ClN2O2/c28-22-10-8-19(9-11-22)20-12-16-30(17-13-20)15-3-4-21-18-24-25(31)6-1-7-26(24)32-27-23(21)5-2-14-29-27/h1-2,4-12,14,31H,3,13,15-18H2/b21-4-. The third kappa shape index (κ3) is 4.43. The zero-order valence-corrected chi connectivity index (χ0v) is 18.6. The van der Waals surface area contributed by atoms with Crippen LogP contribution < -0.4 is 4.74 Å². The summed E-state index contributed by atoms with van der Waals surface area (Å²) >= 11 is 6.01. The monoisotopic (exact) mass is 444 g/mol. The van der Waals surface area contributed by atoms with E-state index in [1.54, 1.807) is 18.3 Å². The molecule has 0 atom stereocenters. The van der Waals surface area contributed by atoms with Crippen molar-refractivity contribution in [1.29, 1.82) is 0 Å². The lowest BCUT2D eigenvalue weighted by molar-refractivity contribution is 0.308. The SMILES string of the molecule is Oc1cccc2c1C/C(=C/CCN1CC=C(c3ccc(Cl)cc3)CC1)c1cccnc1O2. The first-order valence-corrected chi connectivity index (χ1v) is 11.4. The Labute approximate surface area is 193 Å². The van der Waals surface area contributed by atoms with E-state index in [1.807, 2.05) is 30.3 Å². The fraction of sp³-hybridized carbons (Fsp3) is 0.222. The van der Waals surface area contributed by atoms with E-state index >= 15 is 0 Å². The Balaban J connectivity index is 1.29. The lowest BCUT2D eigenvalue weighted by Crippen LogP contribution is -2.29. The number of aromatic hydroxyl groups is 1. The van der Waals surface area contributed by atoms with Gasteiger partial charge in [0.25, 0.3) is 0 Å². The molecule has 0 saturated carbocycles. The maximum atomic E-state index is 10.4. The molecule has 0 amide bonds. The van der Waals surface area contributed by atoms with Crippen molar-refractivity contribution in [1.82, 2.24) is 9.88 Å². The predicted molar refractivity (Wildman–Crippen MR) is 129 cm³/mol. The highest BCUT2D eigenvalue weighted by atomic mass is 35.5. The second kappa shape index (κ2) is 9.19. The summed E-state index contributed by atoms with van der Waals surface area (Å²) in [5.41, 5.74) is 5.60. The Morgan fingerprint density at radius 3 is 2.78 bits per heavy atom. The fourth-order valence-electron chi connectivity index (χ4n) is 4.38. The summed E-state index contributed by atoms with van der Waals surface area (Å²) in [6, 6.07) is 17.5. The van der Waals surface area contributed by atoms with E-state index in [2.05, 4.69) is 34.2 Å². The van der Waals surface area contributed by atoms with Crippen LogP contribution in [0.5, 0.6) is 17.4 Å². The van der Waals surface area contributed by atoms with Crippen LogP contribution in [0.15, 0.2) is 72.9 Å². The quantitative estimate of drug-likeness (QED) is 0.509. The molecule has 1 aromatic heterocycles. The van der Waals surface area contributed by atoms with E-state index in [4.69, 9.17) is 16.3 Å². The summed E-state index contributed by atoms with van der Waals surface area (Å²) in [4.78, 5) is 6.90. The van der Waals surface area contributed by atoms with E-state index in [1.165, 1.54) is 11.1 Å². The first-order valence-electron chi connectivity index (χ1n) is 11.0. The molecule has 0 fully saturated rings. The van der Waals surface area contributed by atoms with Crippen LogP contribution in [-0.2, 0) is 6.42 Å². The molecule has 0 aliphatic carbocycles. The zero-order chi connectivity index (χ0) is 21.9. The van der Waals surface area contributed by atoms with Gasteiger partial charge < -0.3 is 9.84 Å². The highest BCUT2D eigenvalue weighted by molar-refractivity contribution is 6.30. The van der Waals surface area contributed by atoms with Gasteiger partial charge in [-0.15, -0.1) is 0 Å². The van der Waals surface area contributed by atoms with Crippen LogP contribution in [0.2, 0.25) is 5.02 Å². The number of fused-ring (bicyclic) bond motifs is 2. The number of hydrogen-bond acceptors (Lipinski definition) is 4. The number of phenols is 1. The summed E-state index contributed by atoms with van der Waals surface area (Å²) in [6.45, 7) is 2.98. The Morgan fingerprint density at radius 1 is 1.09 bits per heavy atom. The molecule has 0 radical (unpaired) electrons. The van der Waals surface area contributed by atoms with Gasteiger partial charge >= 0.3 is 0 Å². The van der Waals surface area contributed by atoms with E-state index in [-0.39, 0.29) is 5.75 Å². The summed E-state index contributed by atoms with van der Waals surface area (Å²) in [6.07, 6.45) is 8.93. The minimum Gasteiger partial charge on any atom is -0.508 e. The summed E-state index contributed by atoms with van der Waals surface area (Å²) in [5, 5.41) is 11.2. The molecule has 3 aromatic rings. The molecule has 2 aliphatic rings. The summed E-state index contributed by atoms with van der Waals surface area (Å²) in [7, 11) is 0. The van der Waals surface area contributed by atoms with Gasteiger partial charge in [0.2, 0.25) is 5.88 Å². The van der Waals surface area contributed by atoms with Crippen LogP contribution in [-0.4, -0.2) is 34.6 Å². The average Bonchev–Trinajstić information content (AvgIpc) is 2.98. The van der Waals surface area contributed by atoms with Gasteiger partial charge in [0.05, 0.1) is 0 Å². The zero-order valence-electron chi connectivity index (χ0n) is 17.8. The molecular formula is C27H25ClN2O2. The maximum absolute atomic E-state index is 10.4. The van der Waals surface area contributed by atoms with Crippen molar-refractivity contribution in [2.45, 2.75) is 19.3 Å². The van der Waals surface area contributed by atoms with E-state index in [0.717, 1.165) is 54.2 Å². The number of phenolic OH excluding ortho intramolecular Hbond substituents is 1. The molecule has 4 nitrogen and oxygen atoms in total. The van der Waals surface area contributed by atoms with Crippen LogP contribution in [0, 0.1) is 0 Å². The molecule has 2 aliphatic heterocycles. The lowest BCUT2D eigenvalue weighted by atomic mass is 9.97. The number of aromatic nitrogens is 1. The first kappa shape index (κ1) is 20.8. The molecule has 2 aromatic carbocycles. The molecule has 0 spiro atoms. The van der Waals surface area contributed by atoms with E-state index in [0.29, 0.717) is 18.1 Å². The smallest absolute Gasteiger partial charge is 0.226 e. The van der Waals surface area contributed by atoms with Crippen LogP contribution in [0.4, 0.5) is 0 Å². The second-order valence-corrected chi connectivity index (χ2v) is 8.63. The molecule has 5 rings (SSSR count). The third-order valence-electron chi connectivity index (χ3n) is 6.14. The third-order valence-corrected chi connectivity index (χ3v) is 6.40. The lowest BCUT2D eigenvalue weighted by Gasteiger charge is -2.26. The van der Waals surface area contributed by atoms with Crippen molar-refractivity contribution < 1.29 is 9.84 Å². The average molecular weight is 445 g/mol. The molecule has 0 unspecified atom stereocenters. The highest BCUT2D eigenvalue weighted by Crippen LogP contribution is 2.41. The molecule has 1 N–H and O–H groups in total. The van der Waals surface area contributed by atoms with Crippen molar-refractivity contribution in [3.05, 3.63) is 94.7 Å². The molecule has 0 saturated heterocycles. The molecule has 5 heteroatoms. The minimum atomic E-state index is 0.261. The van der Waals surface area contributed by atoms with E-state index in [9.17, 15) is 5.11 Å². The normalized spacial score (nSPS) is 17.2. The van der Waals surface area contributed by atoms with Crippen molar-refractivity contribution in [3.63, 3.8) is 0 Å². The largest absolute Gasteiger partial charge is 0.508 e. The highest BCUT2D eigenvalue weighted by Gasteiger charge is 2.21. The first-order chi connectivity index (χ1) is 15.7. The van der Waals surface area contributed by atoms with Gasteiger partial charge in [-0.2, -0.15) is 0 Å². The Kier molecular flexibility index (Phi) is 5.97. The van der Waals surface area contributed by atoms with Crippen molar-refractivity contribution in [3.8, 4) is 17.4 Å². The van der Waals surface area contributed by atoms with Crippen molar-refractivity contribution >= 4 is 22.7 Å². The van der Waals surface area contributed by atoms with Gasteiger partial charge in [-0.3, -0.25) is 4.90 Å². The number of ether oxygens (including phenoxy) is 1. The number of rotatable bonds is 4. The van der Waals surface area contributed by atoms with Crippen LogP contribution in [0.3, 0.4) is 0 Å². The molecule has 32 heavy (non-hydrogen) atoms. The number of halogens is 1. The Hall–Kier alpha value is -3.08. The minimum absolute atomic E-state index is 0.261. The Bertz CT molecular complexity index is 1180. The molecule has 3 heterocycles. The van der Waals surface area contributed by atoms with Gasteiger partial charge in [-0.25, -0.2) is 4.98 Å². The number of benzene rings is 2. The number of nitrogens with zero attached hydrogens (tertiary/aromatic N) is 2. The summed E-state index contributed by atoms with van der Waals surface area (Å²) < 4.78 is 6.03. The predicted octanol–water partition coefficient (Wildman–Crippen LogP) is 6.35. The topological polar surface area (TPSA) is 45.6 Å². The number of hydrogen-bond donors (Lipinski definition) is 1. The molecule has 162 valence electrons. The second-order valence-electron chi connectivity index (χ2n) is 8.19. The van der Waals surface area contributed by atoms with Gasteiger partial charge in [0.1, 0.15) is 11.5 Å². The van der Waals surface area contributed by atoms with Crippen LogP contribution in [0.25, 0.3) is 11.1 Å². The van der Waals surface area contributed by atoms with E-state index < -0.39 is 0 Å². The van der Waals surface area contributed by atoms with Crippen LogP contribution >= 0.6 is 11.6 Å². The number of allylic oxidation sites excluding steroid dienone is 1. The molecule has 0 bridgehead atoms. The summed E-state index contributed by atoms with van der Waals surface area (Å²) in [5.74, 6) is 1.53. The van der Waals surface area contributed by atoms with Gasteiger partial charge in [0.15, 0.2) is 0 Å².